The number of fused-ring (bicyclic) bond motifs is 1. The Bertz CT molecular complexity index is 860. The lowest BCUT2D eigenvalue weighted by Gasteiger charge is -2.31. The number of ketones is 1. The van der Waals surface area contributed by atoms with Crippen LogP contribution in [0.2, 0.25) is 0 Å². The highest BCUT2D eigenvalue weighted by Gasteiger charge is 2.21. The van der Waals surface area contributed by atoms with E-state index in [-0.39, 0.29) is 5.78 Å². The predicted octanol–water partition coefficient (Wildman–Crippen LogP) is 5.04. The molecule has 134 valence electrons. The van der Waals surface area contributed by atoms with E-state index in [1.54, 1.807) is 0 Å². The molecule has 4 rings (SSSR count). The average molecular weight is 346 g/mol. The summed E-state index contributed by atoms with van der Waals surface area (Å²) in [5, 5.41) is 1.05. The van der Waals surface area contributed by atoms with Gasteiger partial charge in [0.05, 0.1) is 0 Å². The van der Waals surface area contributed by atoms with Crippen LogP contribution in [0.4, 0.5) is 0 Å². The van der Waals surface area contributed by atoms with Gasteiger partial charge in [-0.05, 0) is 49.9 Å². The van der Waals surface area contributed by atoms with E-state index < -0.39 is 0 Å². The van der Waals surface area contributed by atoms with E-state index in [1.807, 2.05) is 30.5 Å². The summed E-state index contributed by atoms with van der Waals surface area (Å²) >= 11 is 0. The predicted molar refractivity (Wildman–Crippen MR) is 106 cm³/mol. The van der Waals surface area contributed by atoms with Crippen molar-refractivity contribution < 1.29 is 4.79 Å². The van der Waals surface area contributed by atoms with Crippen molar-refractivity contribution >= 4 is 16.7 Å². The van der Waals surface area contributed by atoms with Gasteiger partial charge in [0, 0.05) is 35.6 Å². The summed E-state index contributed by atoms with van der Waals surface area (Å²) in [5.74, 6) is 0.949. The molecule has 0 atom stereocenters. The highest BCUT2D eigenvalue weighted by atomic mass is 16.1. The van der Waals surface area contributed by atoms with Crippen LogP contribution in [0, 0.1) is 5.92 Å². The van der Waals surface area contributed by atoms with Crippen molar-refractivity contribution in [3.8, 4) is 0 Å². The summed E-state index contributed by atoms with van der Waals surface area (Å²) < 4.78 is 0. The molecular weight excluding hydrogens is 320 g/mol. The van der Waals surface area contributed by atoms with E-state index >= 15 is 0 Å². The molecule has 0 bridgehead atoms. The maximum absolute atomic E-state index is 12.6. The van der Waals surface area contributed by atoms with Gasteiger partial charge >= 0.3 is 0 Å². The summed E-state index contributed by atoms with van der Waals surface area (Å²) in [6.07, 6.45) is 5.94. The average Bonchev–Trinajstić information content (AvgIpc) is 3.12. The standard InChI is InChI=1S/C23H26N2O/c26-23(21-16-24-22-9-5-4-8-20(21)22)11-10-18-12-14-25(15-13-18)17-19-6-2-1-3-7-19/h1-9,16,18,24H,10-15,17H2. The number of benzene rings is 2. The Balaban J connectivity index is 1.26. The first-order valence-electron chi connectivity index (χ1n) is 9.65. The van der Waals surface area contributed by atoms with Crippen LogP contribution in [-0.2, 0) is 6.54 Å². The van der Waals surface area contributed by atoms with Crippen LogP contribution >= 0.6 is 0 Å². The van der Waals surface area contributed by atoms with Gasteiger partial charge in [-0.25, -0.2) is 0 Å². The quantitative estimate of drug-likeness (QED) is 0.635. The first kappa shape index (κ1) is 17.0. The number of nitrogens with zero attached hydrogens (tertiary/aromatic N) is 1. The number of carbonyl (C=O) groups excluding carboxylic acids is 1. The SMILES string of the molecule is O=C(CCC1CCN(Cc2ccccc2)CC1)c1c[nH]c2ccccc12. The number of hydrogen-bond donors (Lipinski definition) is 1. The topological polar surface area (TPSA) is 36.1 Å². The van der Waals surface area contributed by atoms with Gasteiger partial charge < -0.3 is 4.98 Å². The van der Waals surface area contributed by atoms with Crippen molar-refractivity contribution in [2.24, 2.45) is 5.92 Å². The Hall–Kier alpha value is -2.39. The molecule has 1 aliphatic rings. The smallest absolute Gasteiger partial charge is 0.165 e. The third kappa shape index (κ3) is 3.88. The van der Waals surface area contributed by atoms with Crippen LogP contribution in [0.25, 0.3) is 10.9 Å². The van der Waals surface area contributed by atoms with Crippen molar-refractivity contribution in [1.82, 2.24) is 9.88 Å². The van der Waals surface area contributed by atoms with Gasteiger partial charge in [0.1, 0.15) is 0 Å². The fourth-order valence-electron chi connectivity index (χ4n) is 4.05. The van der Waals surface area contributed by atoms with Gasteiger partial charge in [-0.1, -0.05) is 48.5 Å². The van der Waals surface area contributed by atoms with Gasteiger partial charge in [0.15, 0.2) is 5.78 Å². The molecule has 2 aromatic carbocycles. The van der Waals surface area contributed by atoms with Crippen LogP contribution in [0.5, 0.6) is 0 Å². The zero-order chi connectivity index (χ0) is 17.8. The molecule has 1 N–H and O–H groups in total. The monoisotopic (exact) mass is 346 g/mol. The number of aromatic amines is 1. The number of carbonyl (C=O) groups is 1. The Morgan fingerprint density at radius 2 is 1.73 bits per heavy atom. The number of hydrogen-bond acceptors (Lipinski definition) is 2. The van der Waals surface area contributed by atoms with Crippen LogP contribution < -0.4 is 0 Å². The van der Waals surface area contributed by atoms with E-state index in [9.17, 15) is 4.79 Å². The van der Waals surface area contributed by atoms with E-state index in [0.29, 0.717) is 12.3 Å². The normalized spacial score (nSPS) is 16.2. The number of Topliss-reactive ketones (excluding diaryl/α,β-unsaturated/α-hetero) is 1. The van der Waals surface area contributed by atoms with Gasteiger partial charge in [0.2, 0.25) is 0 Å². The van der Waals surface area contributed by atoms with Gasteiger partial charge in [-0.15, -0.1) is 0 Å². The maximum atomic E-state index is 12.6. The lowest BCUT2D eigenvalue weighted by molar-refractivity contribution is 0.0963. The molecule has 1 saturated heterocycles. The summed E-state index contributed by atoms with van der Waals surface area (Å²) in [5.41, 5.74) is 3.28. The molecule has 0 amide bonds. The Labute approximate surface area is 155 Å². The number of aromatic nitrogens is 1. The highest BCUT2D eigenvalue weighted by Crippen LogP contribution is 2.25. The van der Waals surface area contributed by atoms with Crippen LogP contribution in [0.15, 0.2) is 60.8 Å². The Morgan fingerprint density at radius 1 is 1.00 bits per heavy atom. The number of piperidine rings is 1. The molecule has 0 aliphatic carbocycles. The summed E-state index contributed by atoms with van der Waals surface area (Å²) in [6, 6.07) is 18.7. The van der Waals surface area contributed by atoms with Gasteiger partial charge in [0.25, 0.3) is 0 Å². The van der Waals surface area contributed by atoms with E-state index in [4.69, 9.17) is 0 Å². The molecule has 0 spiro atoms. The molecule has 3 nitrogen and oxygen atoms in total. The number of nitrogens with one attached hydrogen (secondary N) is 1. The second-order valence-electron chi connectivity index (χ2n) is 7.41. The Kier molecular flexibility index (Phi) is 5.16. The third-order valence-corrected chi connectivity index (χ3v) is 5.63. The first-order valence-corrected chi connectivity index (χ1v) is 9.65. The summed E-state index contributed by atoms with van der Waals surface area (Å²) in [6.45, 7) is 3.32. The van der Waals surface area contributed by atoms with Crippen molar-refractivity contribution in [2.45, 2.75) is 32.2 Å². The lowest BCUT2D eigenvalue weighted by Crippen LogP contribution is -2.33. The summed E-state index contributed by atoms with van der Waals surface area (Å²) in [4.78, 5) is 18.4. The zero-order valence-corrected chi connectivity index (χ0v) is 15.2. The minimum absolute atomic E-state index is 0.272. The number of H-pyrrole nitrogens is 1. The second kappa shape index (κ2) is 7.88. The van der Waals surface area contributed by atoms with Crippen molar-refractivity contribution in [3.05, 3.63) is 71.9 Å². The molecule has 2 heterocycles. The van der Waals surface area contributed by atoms with Gasteiger partial charge in [-0.3, -0.25) is 9.69 Å². The number of para-hydroxylation sites is 1. The molecule has 3 heteroatoms. The van der Waals surface area contributed by atoms with Gasteiger partial charge in [-0.2, -0.15) is 0 Å². The van der Waals surface area contributed by atoms with Crippen LogP contribution in [-0.4, -0.2) is 28.8 Å². The van der Waals surface area contributed by atoms with Crippen LogP contribution in [0.1, 0.15) is 41.6 Å². The lowest BCUT2D eigenvalue weighted by atomic mass is 9.90. The first-order chi connectivity index (χ1) is 12.8. The molecule has 26 heavy (non-hydrogen) atoms. The van der Waals surface area contributed by atoms with E-state index in [1.165, 1.54) is 18.4 Å². The number of likely N-dealkylation sites (tertiary alicyclic amines) is 1. The van der Waals surface area contributed by atoms with E-state index in [2.05, 4.69) is 40.2 Å². The van der Waals surface area contributed by atoms with E-state index in [0.717, 1.165) is 42.5 Å². The molecule has 3 aromatic rings. The minimum atomic E-state index is 0.272. The second-order valence-corrected chi connectivity index (χ2v) is 7.41. The Morgan fingerprint density at radius 3 is 2.54 bits per heavy atom. The largest absolute Gasteiger partial charge is 0.360 e. The summed E-state index contributed by atoms with van der Waals surface area (Å²) in [7, 11) is 0. The third-order valence-electron chi connectivity index (χ3n) is 5.63. The molecule has 0 saturated carbocycles. The molecule has 1 fully saturated rings. The molecule has 0 unspecified atom stereocenters. The van der Waals surface area contributed by atoms with Crippen LogP contribution in [0.3, 0.4) is 0 Å². The number of rotatable bonds is 6. The minimum Gasteiger partial charge on any atom is -0.360 e. The van der Waals surface area contributed by atoms with Crippen molar-refractivity contribution in [2.75, 3.05) is 13.1 Å². The highest BCUT2D eigenvalue weighted by molar-refractivity contribution is 6.07. The fraction of sp³-hybridized carbons (Fsp3) is 0.348. The molecular formula is C23H26N2O. The van der Waals surface area contributed by atoms with Crippen molar-refractivity contribution in [3.63, 3.8) is 0 Å². The van der Waals surface area contributed by atoms with Crippen molar-refractivity contribution in [1.29, 1.82) is 0 Å². The molecule has 1 aliphatic heterocycles. The molecule has 0 radical (unpaired) electrons. The fourth-order valence-corrected chi connectivity index (χ4v) is 4.05. The maximum Gasteiger partial charge on any atom is 0.165 e. The zero-order valence-electron chi connectivity index (χ0n) is 15.2. The molecule has 1 aromatic heterocycles.